The Morgan fingerprint density at radius 2 is 1.94 bits per heavy atom. The smallest absolute Gasteiger partial charge is 0.170 e. The van der Waals surface area contributed by atoms with Gasteiger partial charge >= 0.3 is 0 Å². The van der Waals surface area contributed by atoms with Gasteiger partial charge in [0.05, 0.1) is 26.4 Å². The number of aromatic nitrogens is 4. The second-order valence-corrected chi connectivity index (χ2v) is 9.24. The van der Waals surface area contributed by atoms with Crippen molar-refractivity contribution in [3.05, 3.63) is 59.8 Å². The molecule has 0 spiro atoms. The van der Waals surface area contributed by atoms with Crippen molar-refractivity contribution in [2.24, 2.45) is 0 Å². The summed E-state index contributed by atoms with van der Waals surface area (Å²) in [6.45, 7) is 4.39. The van der Waals surface area contributed by atoms with Gasteiger partial charge in [-0.05, 0) is 36.8 Å². The molecule has 4 aromatic rings. The fourth-order valence-corrected chi connectivity index (χ4v) is 5.34. The van der Waals surface area contributed by atoms with Crippen LogP contribution in [-0.4, -0.2) is 59.1 Å². The summed E-state index contributed by atoms with van der Waals surface area (Å²) in [6.07, 6.45) is 4.24. The van der Waals surface area contributed by atoms with E-state index in [0.717, 1.165) is 47.8 Å². The molecule has 0 aliphatic carbocycles. The highest BCUT2D eigenvalue weighted by Crippen LogP contribution is 2.42. The molecule has 0 bridgehead atoms. The van der Waals surface area contributed by atoms with Crippen LogP contribution in [-0.2, 0) is 11.3 Å². The summed E-state index contributed by atoms with van der Waals surface area (Å²) in [4.78, 5) is 6.92. The first-order valence-corrected chi connectivity index (χ1v) is 12.2. The van der Waals surface area contributed by atoms with Gasteiger partial charge in [0.1, 0.15) is 23.7 Å². The fourth-order valence-electron chi connectivity index (χ4n) is 5.34. The zero-order valence-corrected chi connectivity index (χ0v) is 19.6. The minimum atomic E-state index is -0.233. The van der Waals surface area contributed by atoms with Gasteiger partial charge in [0.2, 0.25) is 0 Å². The van der Waals surface area contributed by atoms with Crippen LogP contribution in [0.5, 0.6) is 11.5 Å². The molecular formula is C26H25FN6O3. The second kappa shape index (κ2) is 8.63. The average Bonchev–Trinajstić information content (AvgIpc) is 3.57. The molecule has 7 rings (SSSR count). The van der Waals surface area contributed by atoms with Gasteiger partial charge in [0.25, 0.3) is 0 Å². The molecule has 0 radical (unpaired) electrons. The molecule has 3 aliphatic rings. The number of fused-ring (bicyclic) bond motifs is 3. The van der Waals surface area contributed by atoms with Gasteiger partial charge in [-0.25, -0.2) is 9.37 Å². The molecular weight excluding hydrogens is 463 g/mol. The van der Waals surface area contributed by atoms with Crippen molar-refractivity contribution >= 4 is 17.3 Å². The standard InChI is InChI=1S/C26H25FN6O3/c27-20-2-3-21-24-17(14-36-21)5-8-35-22-11-18(25-31-30-15-33(25)26(22)29-13-19(20)24)16-1-4-23(28-12-16)32-6-9-34-10-7-32/h1-4,11-12,15,17,29H,5-10,13-14H2/t17-/m0/s1. The summed E-state index contributed by atoms with van der Waals surface area (Å²) in [5.74, 6) is 2.90. The first kappa shape index (κ1) is 21.4. The summed E-state index contributed by atoms with van der Waals surface area (Å²) < 4.78 is 34.4. The number of pyridine rings is 2. The van der Waals surface area contributed by atoms with E-state index in [1.807, 2.05) is 28.8 Å². The lowest BCUT2D eigenvalue weighted by Crippen LogP contribution is -2.36. The van der Waals surface area contributed by atoms with Gasteiger partial charge in [-0.3, -0.25) is 4.40 Å². The number of ether oxygens (including phenoxy) is 3. The first-order chi connectivity index (χ1) is 17.8. The first-order valence-electron chi connectivity index (χ1n) is 12.2. The Bertz CT molecular complexity index is 1430. The van der Waals surface area contributed by atoms with E-state index in [-0.39, 0.29) is 11.7 Å². The third-order valence-electron chi connectivity index (χ3n) is 7.20. The quantitative estimate of drug-likeness (QED) is 0.458. The lowest BCUT2D eigenvalue weighted by molar-refractivity contribution is 0.122. The molecule has 1 atom stereocenters. The molecule has 1 saturated heterocycles. The van der Waals surface area contributed by atoms with E-state index in [2.05, 4.69) is 20.4 Å². The Balaban J connectivity index is 1.27. The topological polar surface area (TPSA) is 86.0 Å². The second-order valence-electron chi connectivity index (χ2n) is 9.24. The molecule has 3 aliphatic heterocycles. The molecule has 36 heavy (non-hydrogen) atoms. The van der Waals surface area contributed by atoms with Crippen LogP contribution < -0.4 is 19.7 Å². The molecule has 0 unspecified atom stereocenters. The highest BCUT2D eigenvalue weighted by molar-refractivity contribution is 5.82. The Labute approximate surface area is 206 Å². The van der Waals surface area contributed by atoms with Gasteiger partial charge < -0.3 is 24.4 Å². The number of hydrogen-bond acceptors (Lipinski definition) is 8. The maximum Gasteiger partial charge on any atom is 0.170 e. The van der Waals surface area contributed by atoms with E-state index in [1.165, 1.54) is 6.07 Å². The summed E-state index contributed by atoms with van der Waals surface area (Å²) in [7, 11) is 0. The van der Waals surface area contributed by atoms with Gasteiger partial charge in [0, 0.05) is 54.0 Å². The predicted octanol–water partition coefficient (Wildman–Crippen LogP) is 3.64. The normalized spacial score (nSPS) is 19.1. The number of nitrogens with one attached hydrogen (secondary N) is 1. The van der Waals surface area contributed by atoms with Crippen molar-refractivity contribution in [2.45, 2.75) is 18.9 Å². The third-order valence-corrected chi connectivity index (χ3v) is 7.20. The Kier molecular flexibility index (Phi) is 5.12. The van der Waals surface area contributed by atoms with E-state index in [9.17, 15) is 4.39 Å². The molecule has 6 heterocycles. The van der Waals surface area contributed by atoms with Crippen LogP contribution in [0.25, 0.3) is 16.8 Å². The molecule has 184 valence electrons. The van der Waals surface area contributed by atoms with Crippen LogP contribution >= 0.6 is 0 Å². The fraction of sp³-hybridized carbons (Fsp3) is 0.346. The van der Waals surface area contributed by atoms with E-state index in [1.54, 1.807) is 12.4 Å². The maximum atomic E-state index is 14.9. The summed E-state index contributed by atoms with van der Waals surface area (Å²) in [5, 5.41) is 11.9. The predicted molar refractivity (Wildman–Crippen MR) is 131 cm³/mol. The Hall–Kier alpha value is -3.92. The lowest BCUT2D eigenvalue weighted by atomic mass is 9.92. The highest BCUT2D eigenvalue weighted by Gasteiger charge is 2.30. The zero-order chi connectivity index (χ0) is 24.1. The summed E-state index contributed by atoms with van der Waals surface area (Å²) in [5.41, 5.74) is 4.03. The number of hydrogen-bond donors (Lipinski definition) is 1. The number of nitrogens with zero attached hydrogens (tertiary/aromatic N) is 5. The number of halogens is 1. The van der Waals surface area contributed by atoms with Crippen molar-refractivity contribution in [3.8, 4) is 22.6 Å². The monoisotopic (exact) mass is 488 g/mol. The SMILES string of the molecule is Fc1ccc2c3c1CNc1c(cc(-c4ccc(N5CCOCC5)nc4)c4nncn14)OCC[C@H]3CO2. The average molecular weight is 489 g/mol. The van der Waals surface area contributed by atoms with Gasteiger partial charge in [0.15, 0.2) is 17.2 Å². The summed E-state index contributed by atoms with van der Waals surface area (Å²) >= 11 is 0. The van der Waals surface area contributed by atoms with Gasteiger partial charge in [-0.2, -0.15) is 0 Å². The van der Waals surface area contributed by atoms with Crippen LogP contribution in [0, 0.1) is 5.82 Å². The minimum absolute atomic E-state index is 0.101. The summed E-state index contributed by atoms with van der Waals surface area (Å²) in [6, 6.07) is 9.24. The van der Waals surface area contributed by atoms with Crippen LogP contribution in [0.15, 0.2) is 42.9 Å². The molecule has 0 amide bonds. The Morgan fingerprint density at radius 3 is 2.81 bits per heavy atom. The zero-order valence-electron chi connectivity index (χ0n) is 19.6. The van der Waals surface area contributed by atoms with E-state index < -0.39 is 0 Å². The van der Waals surface area contributed by atoms with Gasteiger partial charge in [-0.15, -0.1) is 10.2 Å². The maximum absolute atomic E-state index is 14.9. The van der Waals surface area contributed by atoms with Crippen LogP contribution in [0.3, 0.4) is 0 Å². The minimum Gasteiger partial charge on any atom is -0.493 e. The molecule has 0 saturated carbocycles. The van der Waals surface area contributed by atoms with E-state index >= 15 is 0 Å². The van der Waals surface area contributed by atoms with E-state index in [0.29, 0.717) is 55.8 Å². The highest BCUT2D eigenvalue weighted by atomic mass is 19.1. The van der Waals surface area contributed by atoms with Crippen molar-refractivity contribution < 1.29 is 18.6 Å². The number of rotatable bonds is 2. The molecule has 10 heteroatoms. The largest absolute Gasteiger partial charge is 0.493 e. The van der Waals surface area contributed by atoms with Crippen molar-refractivity contribution in [2.75, 3.05) is 49.7 Å². The Morgan fingerprint density at radius 1 is 1.03 bits per heavy atom. The van der Waals surface area contributed by atoms with Crippen molar-refractivity contribution in [1.82, 2.24) is 19.6 Å². The number of anilines is 2. The van der Waals surface area contributed by atoms with Crippen molar-refractivity contribution in [3.63, 3.8) is 0 Å². The number of morpholine rings is 1. The van der Waals surface area contributed by atoms with Gasteiger partial charge in [-0.1, -0.05) is 0 Å². The number of benzene rings is 1. The van der Waals surface area contributed by atoms with Crippen LogP contribution in [0.2, 0.25) is 0 Å². The third kappa shape index (κ3) is 3.51. The molecule has 1 aromatic carbocycles. The van der Waals surface area contributed by atoms with E-state index in [4.69, 9.17) is 19.2 Å². The van der Waals surface area contributed by atoms with Crippen molar-refractivity contribution in [1.29, 1.82) is 0 Å². The molecule has 1 N–H and O–H groups in total. The lowest BCUT2D eigenvalue weighted by Gasteiger charge is -2.27. The molecule has 1 fully saturated rings. The molecule has 3 aromatic heterocycles. The van der Waals surface area contributed by atoms with Crippen LogP contribution in [0.1, 0.15) is 23.5 Å². The van der Waals surface area contributed by atoms with Crippen LogP contribution in [0.4, 0.5) is 16.0 Å². The molecule has 9 nitrogen and oxygen atoms in total.